The molecule has 0 aliphatic rings. The van der Waals surface area contributed by atoms with Crippen LogP contribution in [0.3, 0.4) is 0 Å². The van der Waals surface area contributed by atoms with E-state index in [4.69, 9.17) is 10.5 Å². The van der Waals surface area contributed by atoms with Crippen molar-refractivity contribution in [2.75, 3.05) is 0 Å². The second-order valence-electron chi connectivity index (χ2n) is 5.53. The van der Waals surface area contributed by atoms with E-state index in [2.05, 4.69) is 45.0 Å². The SMILES string of the molecule is Cc1ccc(C)c(COc2ccc([C@H](C)N)cc2C)c1. The van der Waals surface area contributed by atoms with Crippen molar-refractivity contribution < 1.29 is 4.74 Å². The molecule has 0 aromatic heterocycles. The standard InChI is InChI=1S/C18H23NO/c1-12-5-6-13(2)17(9-12)11-20-18-8-7-16(15(4)19)10-14(18)3/h5-10,15H,11,19H2,1-4H3/t15-/m0/s1. The molecule has 0 aliphatic carbocycles. The van der Waals surface area contributed by atoms with Gasteiger partial charge >= 0.3 is 0 Å². The summed E-state index contributed by atoms with van der Waals surface area (Å²) in [5, 5.41) is 0. The minimum atomic E-state index is 0.0572. The van der Waals surface area contributed by atoms with Gasteiger partial charge in [-0.05, 0) is 56.0 Å². The first kappa shape index (κ1) is 14.6. The van der Waals surface area contributed by atoms with Crippen LogP contribution in [0.1, 0.15) is 40.8 Å². The predicted octanol–water partition coefficient (Wildman–Crippen LogP) is 4.21. The molecule has 0 bridgehead atoms. The Bertz CT molecular complexity index is 602. The highest BCUT2D eigenvalue weighted by atomic mass is 16.5. The summed E-state index contributed by atoms with van der Waals surface area (Å²) in [5.74, 6) is 0.926. The van der Waals surface area contributed by atoms with Crippen LogP contribution in [0.15, 0.2) is 36.4 Å². The quantitative estimate of drug-likeness (QED) is 0.902. The number of hydrogen-bond donors (Lipinski definition) is 1. The van der Waals surface area contributed by atoms with Crippen molar-refractivity contribution in [1.29, 1.82) is 0 Å². The molecule has 0 amide bonds. The first-order valence-electron chi connectivity index (χ1n) is 7.02. The highest BCUT2D eigenvalue weighted by molar-refractivity contribution is 5.38. The number of hydrogen-bond acceptors (Lipinski definition) is 2. The zero-order valence-electron chi connectivity index (χ0n) is 12.7. The zero-order valence-corrected chi connectivity index (χ0v) is 12.7. The van der Waals surface area contributed by atoms with Gasteiger partial charge in [-0.3, -0.25) is 0 Å². The van der Waals surface area contributed by atoms with Crippen LogP contribution in [0.4, 0.5) is 0 Å². The average molecular weight is 269 g/mol. The summed E-state index contributed by atoms with van der Waals surface area (Å²) in [7, 11) is 0. The topological polar surface area (TPSA) is 35.2 Å². The van der Waals surface area contributed by atoms with Crippen LogP contribution in [0, 0.1) is 20.8 Å². The Kier molecular flexibility index (Phi) is 4.46. The number of aryl methyl sites for hydroxylation is 3. The molecule has 1 atom stereocenters. The van der Waals surface area contributed by atoms with Gasteiger partial charge in [-0.15, -0.1) is 0 Å². The maximum Gasteiger partial charge on any atom is 0.122 e. The van der Waals surface area contributed by atoms with Crippen LogP contribution in [-0.4, -0.2) is 0 Å². The molecule has 0 saturated carbocycles. The summed E-state index contributed by atoms with van der Waals surface area (Å²) in [6, 6.07) is 12.7. The van der Waals surface area contributed by atoms with Gasteiger partial charge in [0.15, 0.2) is 0 Å². The Balaban J connectivity index is 2.13. The zero-order chi connectivity index (χ0) is 14.7. The molecule has 0 radical (unpaired) electrons. The van der Waals surface area contributed by atoms with Gasteiger partial charge in [0.05, 0.1) is 0 Å². The van der Waals surface area contributed by atoms with Crippen molar-refractivity contribution >= 4 is 0 Å². The third kappa shape index (κ3) is 3.40. The molecule has 2 nitrogen and oxygen atoms in total. The van der Waals surface area contributed by atoms with Crippen LogP contribution in [-0.2, 0) is 6.61 Å². The van der Waals surface area contributed by atoms with Gasteiger partial charge in [0.25, 0.3) is 0 Å². The maximum absolute atomic E-state index is 5.95. The fourth-order valence-corrected chi connectivity index (χ4v) is 2.23. The molecule has 2 heteroatoms. The molecule has 0 aliphatic heterocycles. The summed E-state index contributed by atoms with van der Waals surface area (Å²) < 4.78 is 5.95. The second-order valence-corrected chi connectivity index (χ2v) is 5.53. The van der Waals surface area contributed by atoms with E-state index in [1.165, 1.54) is 16.7 Å². The molecular weight excluding hydrogens is 246 g/mol. The molecular formula is C18H23NO. The molecule has 2 N–H and O–H groups in total. The summed E-state index contributed by atoms with van der Waals surface area (Å²) >= 11 is 0. The van der Waals surface area contributed by atoms with E-state index in [0.717, 1.165) is 16.9 Å². The van der Waals surface area contributed by atoms with Crippen LogP contribution in [0.25, 0.3) is 0 Å². The van der Waals surface area contributed by atoms with E-state index in [-0.39, 0.29) is 6.04 Å². The van der Waals surface area contributed by atoms with Crippen molar-refractivity contribution in [3.63, 3.8) is 0 Å². The predicted molar refractivity (Wildman–Crippen MR) is 84.0 cm³/mol. The number of benzene rings is 2. The highest BCUT2D eigenvalue weighted by Crippen LogP contribution is 2.23. The molecule has 0 saturated heterocycles. The van der Waals surface area contributed by atoms with Crippen molar-refractivity contribution in [2.45, 2.75) is 40.3 Å². The number of ether oxygens (including phenoxy) is 1. The van der Waals surface area contributed by atoms with E-state index in [1.54, 1.807) is 0 Å². The fraction of sp³-hybridized carbons (Fsp3) is 0.333. The van der Waals surface area contributed by atoms with Crippen LogP contribution in [0.2, 0.25) is 0 Å². The molecule has 0 heterocycles. The normalized spacial score (nSPS) is 12.2. The lowest BCUT2D eigenvalue weighted by molar-refractivity contribution is 0.303. The molecule has 0 fully saturated rings. The lowest BCUT2D eigenvalue weighted by Gasteiger charge is -2.13. The molecule has 0 spiro atoms. The van der Waals surface area contributed by atoms with Crippen LogP contribution in [0.5, 0.6) is 5.75 Å². The minimum absolute atomic E-state index is 0.0572. The van der Waals surface area contributed by atoms with E-state index in [9.17, 15) is 0 Å². The van der Waals surface area contributed by atoms with Gasteiger partial charge in [0.1, 0.15) is 12.4 Å². The van der Waals surface area contributed by atoms with E-state index in [0.29, 0.717) is 6.61 Å². The Morgan fingerprint density at radius 3 is 2.40 bits per heavy atom. The van der Waals surface area contributed by atoms with Gasteiger partial charge < -0.3 is 10.5 Å². The second kappa shape index (κ2) is 6.10. The maximum atomic E-state index is 5.95. The minimum Gasteiger partial charge on any atom is -0.489 e. The molecule has 0 unspecified atom stereocenters. The van der Waals surface area contributed by atoms with Crippen LogP contribution >= 0.6 is 0 Å². The fourth-order valence-electron chi connectivity index (χ4n) is 2.23. The van der Waals surface area contributed by atoms with Gasteiger partial charge in [0.2, 0.25) is 0 Å². The lowest BCUT2D eigenvalue weighted by Crippen LogP contribution is -2.06. The largest absolute Gasteiger partial charge is 0.489 e. The van der Waals surface area contributed by atoms with Crippen molar-refractivity contribution in [1.82, 2.24) is 0 Å². The first-order chi connectivity index (χ1) is 9.47. The molecule has 2 aromatic rings. The average Bonchev–Trinajstić information content (AvgIpc) is 2.40. The van der Waals surface area contributed by atoms with Gasteiger partial charge in [0, 0.05) is 6.04 Å². The van der Waals surface area contributed by atoms with Gasteiger partial charge in [-0.25, -0.2) is 0 Å². The summed E-state index contributed by atoms with van der Waals surface area (Å²) in [6.45, 7) is 8.87. The monoisotopic (exact) mass is 269 g/mol. The summed E-state index contributed by atoms with van der Waals surface area (Å²) in [4.78, 5) is 0. The molecule has 2 rings (SSSR count). The Labute approximate surface area is 121 Å². The lowest BCUT2D eigenvalue weighted by atomic mass is 10.1. The van der Waals surface area contributed by atoms with E-state index < -0.39 is 0 Å². The van der Waals surface area contributed by atoms with Crippen molar-refractivity contribution in [3.8, 4) is 5.75 Å². The Hall–Kier alpha value is -1.80. The molecule has 106 valence electrons. The van der Waals surface area contributed by atoms with Gasteiger partial charge in [-0.2, -0.15) is 0 Å². The van der Waals surface area contributed by atoms with Crippen LogP contribution < -0.4 is 10.5 Å². The number of nitrogens with two attached hydrogens (primary N) is 1. The molecule has 2 aromatic carbocycles. The first-order valence-corrected chi connectivity index (χ1v) is 7.02. The third-order valence-corrected chi connectivity index (χ3v) is 3.61. The number of rotatable bonds is 4. The van der Waals surface area contributed by atoms with Crippen molar-refractivity contribution in [2.24, 2.45) is 5.73 Å². The Morgan fingerprint density at radius 2 is 1.75 bits per heavy atom. The van der Waals surface area contributed by atoms with Crippen molar-refractivity contribution in [3.05, 3.63) is 64.2 Å². The summed E-state index contributed by atoms with van der Waals surface area (Å²) in [6.07, 6.45) is 0. The summed E-state index contributed by atoms with van der Waals surface area (Å²) in [5.41, 5.74) is 11.9. The smallest absolute Gasteiger partial charge is 0.122 e. The van der Waals surface area contributed by atoms with Gasteiger partial charge in [-0.1, -0.05) is 35.9 Å². The van der Waals surface area contributed by atoms with E-state index >= 15 is 0 Å². The molecule has 20 heavy (non-hydrogen) atoms. The van der Waals surface area contributed by atoms with E-state index in [1.807, 2.05) is 19.1 Å². The Morgan fingerprint density at radius 1 is 1.00 bits per heavy atom. The highest BCUT2D eigenvalue weighted by Gasteiger charge is 2.06. The third-order valence-electron chi connectivity index (χ3n) is 3.61.